The first-order valence-corrected chi connectivity index (χ1v) is 7.39. The lowest BCUT2D eigenvalue weighted by Gasteiger charge is -2.20. The van der Waals surface area contributed by atoms with E-state index in [2.05, 4.69) is 15.9 Å². The van der Waals surface area contributed by atoms with Crippen molar-refractivity contribution in [2.24, 2.45) is 5.92 Å². The van der Waals surface area contributed by atoms with E-state index in [9.17, 15) is 10.2 Å². The van der Waals surface area contributed by atoms with Gasteiger partial charge in [0.2, 0.25) is 0 Å². The smallest absolute Gasteiger partial charge is 0.119 e. The van der Waals surface area contributed by atoms with Gasteiger partial charge in [0.15, 0.2) is 0 Å². The van der Waals surface area contributed by atoms with Gasteiger partial charge in [-0.25, -0.2) is 0 Å². The minimum Gasteiger partial charge on any atom is -0.493 e. The van der Waals surface area contributed by atoms with E-state index in [0.29, 0.717) is 19.4 Å². The van der Waals surface area contributed by atoms with Crippen LogP contribution in [-0.2, 0) is 0 Å². The fourth-order valence-electron chi connectivity index (χ4n) is 2.70. The number of ether oxygens (including phenoxy) is 1. The Morgan fingerprint density at radius 2 is 1.95 bits per heavy atom. The Balaban J connectivity index is 1.97. The summed E-state index contributed by atoms with van der Waals surface area (Å²) in [4.78, 5) is 0. The summed E-state index contributed by atoms with van der Waals surface area (Å²) >= 11 is 3.53. The molecule has 1 fully saturated rings. The minimum absolute atomic E-state index is 0.203. The van der Waals surface area contributed by atoms with Crippen molar-refractivity contribution in [2.75, 3.05) is 6.61 Å². The number of aryl methyl sites for hydroxylation is 2. The predicted molar refractivity (Wildman–Crippen MR) is 78.5 cm³/mol. The van der Waals surface area contributed by atoms with E-state index in [-0.39, 0.29) is 5.92 Å². The largest absolute Gasteiger partial charge is 0.493 e. The molecule has 0 radical (unpaired) electrons. The van der Waals surface area contributed by atoms with E-state index in [0.717, 1.165) is 21.3 Å². The van der Waals surface area contributed by atoms with Gasteiger partial charge in [-0.15, -0.1) is 0 Å². The van der Waals surface area contributed by atoms with Crippen molar-refractivity contribution >= 4 is 15.9 Å². The van der Waals surface area contributed by atoms with Crippen molar-refractivity contribution in [1.29, 1.82) is 0 Å². The number of benzene rings is 1. The number of aliphatic hydroxyl groups excluding tert-OH is 1. The average Bonchev–Trinajstić information content (AvgIpc) is 2.57. The normalized spacial score (nSPS) is 30.6. The number of hydrogen-bond donors (Lipinski definition) is 2. The Bertz CT molecular complexity index is 447. The number of hydrogen-bond acceptors (Lipinski definition) is 3. The van der Waals surface area contributed by atoms with Crippen molar-refractivity contribution in [2.45, 2.75) is 45.3 Å². The molecule has 1 aliphatic rings. The molecule has 1 aromatic carbocycles. The standard InChI is InChI=1S/C15H21BrO3/c1-9-4-12(5-10(2)14(9)16)19-8-11-6-13(17)15(3,18)7-11/h4-5,11,13,17-18H,6-8H2,1-3H3/t11?,13-,15+/m1/s1. The first-order valence-electron chi connectivity index (χ1n) is 6.59. The van der Waals surface area contributed by atoms with Crippen molar-refractivity contribution in [3.05, 3.63) is 27.7 Å². The molecule has 1 aliphatic carbocycles. The van der Waals surface area contributed by atoms with Crippen LogP contribution in [0.3, 0.4) is 0 Å². The molecule has 0 saturated heterocycles. The van der Waals surface area contributed by atoms with Gasteiger partial charge < -0.3 is 14.9 Å². The zero-order chi connectivity index (χ0) is 14.2. The first-order chi connectivity index (χ1) is 8.79. The zero-order valence-corrected chi connectivity index (χ0v) is 13.2. The summed E-state index contributed by atoms with van der Waals surface area (Å²) in [6.07, 6.45) is 0.541. The Morgan fingerprint density at radius 1 is 1.37 bits per heavy atom. The van der Waals surface area contributed by atoms with Gasteiger partial charge >= 0.3 is 0 Å². The van der Waals surface area contributed by atoms with Crippen LogP contribution in [0.25, 0.3) is 0 Å². The van der Waals surface area contributed by atoms with Crippen molar-refractivity contribution in [3.63, 3.8) is 0 Å². The van der Waals surface area contributed by atoms with E-state index in [1.807, 2.05) is 26.0 Å². The van der Waals surface area contributed by atoms with Gasteiger partial charge in [0.1, 0.15) is 5.75 Å². The number of halogens is 1. The SMILES string of the molecule is Cc1cc(OCC2C[C@@H](O)[C@@](C)(O)C2)cc(C)c1Br. The highest BCUT2D eigenvalue weighted by molar-refractivity contribution is 9.10. The predicted octanol–water partition coefficient (Wildman–Crippen LogP) is 2.97. The maximum Gasteiger partial charge on any atom is 0.119 e. The highest BCUT2D eigenvalue weighted by Gasteiger charge is 2.41. The van der Waals surface area contributed by atoms with Crippen LogP contribution < -0.4 is 4.74 Å². The summed E-state index contributed by atoms with van der Waals surface area (Å²) in [5.74, 6) is 1.05. The van der Waals surface area contributed by atoms with Gasteiger partial charge in [0.25, 0.3) is 0 Å². The second kappa shape index (κ2) is 5.43. The van der Waals surface area contributed by atoms with Crippen LogP contribution in [0.2, 0.25) is 0 Å². The molecule has 0 heterocycles. The van der Waals surface area contributed by atoms with Crippen molar-refractivity contribution in [3.8, 4) is 5.75 Å². The van der Waals surface area contributed by atoms with Crippen LogP contribution in [0.4, 0.5) is 0 Å². The third-order valence-corrected chi connectivity index (χ3v) is 5.12. The molecule has 1 saturated carbocycles. The molecule has 2 rings (SSSR count). The van der Waals surface area contributed by atoms with E-state index < -0.39 is 11.7 Å². The Hall–Kier alpha value is -0.580. The molecule has 19 heavy (non-hydrogen) atoms. The maximum atomic E-state index is 9.94. The van der Waals surface area contributed by atoms with Crippen LogP contribution in [0.1, 0.15) is 30.9 Å². The van der Waals surface area contributed by atoms with Gasteiger partial charge in [-0.1, -0.05) is 15.9 Å². The van der Waals surface area contributed by atoms with Gasteiger partial charge in [-0.2, -0.15) is 0 Å². The summed E-state index contributed by atoms with van der Waals surface area (Å²) in [5.41, 5.74) is 1.32. The summed E-state index contributed by atoms with van der Waals surface area (Å²) in [6, 6.07) is 4.00. The van der Waals surface area contributed by atoms with Crippen molar-refractivity contribution < 1.29 is 14.9 Å². The Kier molecular flexibility index (Phi) is 4.23. The molecular weight excluding hydrogens is 308 g/mol. The number of rotatable bonds is 3. The van der Waals surface area contributed by atoms with Crippen LogP contribution in [0.15, 0.2) is 16.6 Å². The Morgan fingerprint density at radius 3 is 2.42 bits per heavy atom. The molecule has 1 unspecified atom stereocenters. The van der Waals surface area contributed by atoms with Gasteiger partial charge in [0, 0.05) is 4.47 Å². The molecule has 1 aromatic rings. The van der Waals surface area contributed by atoms with E-state index in [1.165, 1.54) is 0 Å². The second-order valence-electron chi connectivity index (χ2n) is 5.86. The van der Waals surface area contributed by atoms with Crippen LogP contribution in [0, 0.1) is 19.8 Å². The van der Waals surface area contributed by atoms with Crippen LogP contribution in [0.5, 0.6) is 5.75 Å². The number of aliphatic hydroxyl groups is 2. The highest BCUT2D eigenvalue weighted by atomic mass is 79.9. The molecular formula is C15H21BrO3. The molecule has 4 heteroatoms. The third kappa shape index (κ3) is 3.30. The summed E-state index contributed by atoms with van der Waals surface area (Å²) in [7, 11) is 0. The van der Waals surface area contributed by atoms with E-state index in [1.54, 1.807) is 6.92 Å². The topological polar surface area (TPSA) is 49.7 Å². The lowest BCUT2D eigenvalue weighted by Crippen LogP contribution is -2.33. The fourth-order valence-corrected chi connectivity index (χ4v) is 2.93. The van der Waals surface area contributed by atoms with Gasteiger partial charge in [-0.05, 0) is 62.8 Å². The van der Waals surface area contributed by atoms with E-state index >= 15 is 0 Å². The zero-order valence-electron chi connectivity index (χ0n) is 11.6. The van der Waals surface area contributed by atoms with Crippen LogP contribution in [-0.4, -0.2) is 28.5 Å². The van der Waals surface area contributed by atoms with Gasteiger partial charge in [-0.3, -0.25) is 0 Å². The highest BCUT2D eigenvalue weighted by Crippen LogP contribution is 2.35. The fraction of sp³-hybridized carbons (Fsp3) is 0.600. The van der Waals surface area contributed by atoms with Crippen molar-refractivity contribution in [1.82, 2.24) is 0 Å². The summed E-state index contributed by atoms with van der Waals surface area (Å²) in [6.45, 7) is 6.29. The molecule has 0 bridgehead atoms. The molecule has 106 valence electrons. The van der Waals surface area contributed by atoms with E-state index in [4.69, 9.17) is 4.74 Å². The molecule has 0 aliphatic heterocycles. The lowest BCUT2D eigenvalue weighted by molar-refractivity contribution is -0.0387. The molecule has 0 amide bonds. The summed E-state index contributed by atoms with van der Waals surface area (Å²) in [5, 5.41) is 19.7. The molecule has 0 aromatic heterocycles. The molecule has 2 N–H and O–H groups in total. The summed E-state index contributed by atoms with van der Waals surface area (Å²) < 4.78 is 6.92. The maximum absolute atomic E-state index is 9.94. The lowest BCUT2D eigenvalue weighted by atomic mass is 10.0. The molecule has 3 nitrogen and oxygen atoms in total. The van der Waals surface area contributed by atoms with Crippen LogP contribution >= 0.6 is 15.9 Å². The third-order valence-electron chi connectivity index (χ3n) is 3.87. The monoisotopic (exact) mass is 328 g/mol. The second-order valence-corrected chi connectivity index (χ2v) is 6.65. The first kappa shape index (κ1) is 14.8. The molecule has 0 spiro atoms. The molecule has 3 atom stereocenters. The van der Waals surface area contributed by atoms with Gasteiger partial charge in [0.05, 0.1) is 18.3 Å². The average molecular weight is 329 g/mol. The quantitative estimate of drug-likeness (QED) is 0.896. The Labute approximate surface area is 122 Å². The minimum atomic E-state index is -0.973.